The summed E-state index contributed by atoms with van der Waals surface area (Å²) in [5.41, 5.74) is 2.23. The topological polar surface area (TPSA) is 81.2 Å². The molecule has 0 bridgehead atoms. The average Bonchev–Trinajstić information content (AvgIpc) is 2.70. The number of aliphatic imine (C=N–C) groups is 1. The minimum atomic E-state index is -0.150. The van der Waals surface area contributed by atoms with Gasteiger partial charge in [0.05, 0.1) is 13.7 Å². The van der Waals surface area contributed by atoms with Crippen LogP contribution in [0.1, 0.15) is 43.7 Å². The van der Waals surface area contributed by atoms with Crippen molar-refractivity contribution in [2.24, 2.45) is 4.99 Å². The molecule has 0 heterocycles. The zero-order chi connectivity index (χ0) is 20.6. The molecule has 0 atom stereocenters. The first-order chi connectivity index (χ1) is 13.6. The van der Waals surface area contributed by atoms with Crippen LogP contribution < -0.4 is 15.4 Å². The summed E-state index contributed by atoms with van der Waals surface area (Å²) in [6.07, 6.45) is 3.25. The number of ether oxygens (including phenoxy) is 3. The molecule has 0 fully saturated rings. The van der Waals surface area contributed by atoms with Crippen molar-refractivity contribution in [1.82, 2.24) is 10.6 Å². The van der Waals surface area contributed by atoms with Crippen molar-refractivity contribution < 1.29 is 19.0 Å². The van der Waals surface area contributed by atoms with Gasteiger partial charge >= 0.3 is 5.97 Å². The first kappa shape index (κ1) is 27.5. The van der Waals surface area contributed by atoms with E-state index in [0.29, 0.717) is 32.8 Å². The Morgan fingerprint density at radius 3 is 2.62 bits per heavy atom. The lowest BCUT2D eigenvalue weighted by Crippen LogP contribution is -2.37. The summed E-state index contributed by atoms with van der Waals surface area (Å²) in [4.78, 5) is 15.3. The summed E-state index contributed by atoms with van der Waals surface area (Å²) in [5.74, 6) is 1.46. The third kappa shape index (κ3) is 12.6. The highest BCUT2D eigenvalue weighted by Gasteiger charge is 2.06. The molecule has 0 saturated carbocycles. The first-order valence-corrected chi connectivity index (χ1v) is 9.92. The number of benzene rings is 1. The molecule has 0 radical (unpaired) electrons. The second-order valence-corrected chi connectivity index (χ2v) is 6.40. The van der Waals surface area contributed by atoms with E-state index in [1.807, 2.05) is 19.9 Å². The van der Waals surface area contributed by atoms with Gasteiger partial charge in [-0.1, -0.05) is 18.6 Å². The first-order valence-electron chi connectivity index (χ1n) is 9.92. The van der Waals surface area contributed by atoms with E-state index in [9.17, 15) is 4.79 Å². The van der Waals surface area contributed by atoms with Gasteiger partial charge in [-0.3, -0.25) is 9.79 Å². The number of nitrogens with zero attached hydrogens (tertiary/aromatic N) is 1. The molecule has 1 rings (SSSR count). The molecule has 7 nitrogen and oxygen atoms in total. The van der Waals surface area contributed by atoms with Gasteiger partial charge in [-0.25, -0.2) is 0 Å². The SMILES string of the molecule is CCOCCOc1cc(C)ccc1CNC(=NC)NCCCCCC(=O)OC.I. The van der Waals surface area contributed by atoms with Crippen LogP contribution in [0.5, 0.6) is 5.75 Å². The number of unbranched alkanes of at least 4 members (excludes halogenated alkanes) is 2. The van der Waals surface area contributed by atoms with Crippen molar-refractivity contribution in [2.75, 3.05) is 40.5 Å². The van der Waals surface area contributed by atoms with E-state index in [1.54, 1.807) is 7.05 Å². The zero-order valence-electron chi connectivity index (χ0n) is 18.1. The van der Waals surface area contributed by atoms with Gasteiger partial charge < -0.3 is 24.8 Å². The molecule has 0 aliphatic heterocycles. The van der Waals surface area contributed by atoms with Gasteiger partial charge in [0.2, 0.25) is 0 Å². The molecule has 0 amide bonds. The fraction of sp³-hybridized carbons (Fsp3) is 0.619. The average molecular weight is 521 g/mol. The van der Waals surface area contributed by atoms with Gasteiger partial charge in [-0.05, 0) is 38.3 Å². The smallest absolute Gasteiger partial charge is 0.305 e. The molecule has 0 aliphatic rings. The predicted octanol–water partition coefficient (Wildman–Crippen LogP) is 3.43. The van der Waals surface area contributed by atoms with Crippen LogP contribution in [0.2, 0.25) is 0 Å². The Bertz CT molecular complexity index is 612. The van der Waals surface area contributed by atoms with E-state index in [-0.39, 0.29) is 29.9 Å². The zero-order valence-corrected chi connectivity index (χ0v) is 20.4. The van der Waals surface area contributed by atoms with Gasteiger partial charge in [-0.2, -0.15) is 0 Å². The third-order valence-electron chi connectivity index (χ3n) is 4.16. The Morgan fingerprint density at radius 2 is 1.93 bits per heavy atom. The Balaban J connectivity index is 0.00000784. The van der Waals surface area contributed by atoms with Crippen molar-refractivity contribution in [1.29, 1.82) is 0 Å². The summed E-state index contributed by atoms with van der Waals surface area (Å²) >= 11 is 0. The number of rotatable bonds is 13. The quantitative estimate of drug-likeness (QED) is 0.136. The van der Waals surface area contributed by atoms with Gasteiger partial charge in [0, 0.05) is 38.7 Å². The summed E-state index contributed by atoms with van der Waals surface area (Å²) in [6, 6.07) is 6.18. The largest absolute Gasteiger partial charge is 0.491 e. The monoisotopic (exact) mass is 521 g/mol. The second-order valence-electron chi connectivity index (χ2n) is 6.40. The number of guanidine groups is 1. The molecule has 0 unspecified atom stereocenters. The molecule has 0 saturated heterocycles. The van der Waals surface area contributed by atoms with Crippen molar-refractivity contribution in [3.05, 3.63) is 29.3 Å². The lowest BCUT2D eigenvalue weighted by molar-refractivity contribution is -0.140. The summed E-state index contributed by atoms with van der Waals surface area (Å²) < 4.78 is 15.9. The maximum absolute atomic E-state index is 11.1. The van der Waals surface area contributed by atoms with Crippen LogP contribution in [0.15, 0.2) is 23.2 Å². The Hall–Kier alpha value is -1.55. The minimum Gasteiger partial charge on any atom is -0.491 e. The Labute approximate surface area is 192 Å². The molecule has 1 aromatic carbocycles. The van der Waals surface area contributed by atoms with Gasteiger partial charge in [0.1, 0.15) is 12.4 Å². The molecular weight excluding hydrogens is 485 g/mol. The van der Waals surface area contributed by atoms with E-state index in [2.05, 4.69) is 32.5 Å². The van der Waals surface area contributed by atoms with Crippen molar-refractivity contribution in [2.45, 2.75) is 46.1 Å². The number of methoxy groups -OCH3 is 1. The van der Waals surface area contributed by atoms with E-state index in [4.69, 9.17) is 9.47 Å². The van der Waals surface area contributed by atoms with Crippen LogP contribution in [-0.4, -0.2) is 52.5 Å². The highest BCUT2D eigenvalue weighted by atomic mass is 127. The third-order valence-corrected chi connectivity index (χ3v) is 4.16. The van der Waals surface area contributed by atoms with Crippen LogP contribution in [0.4, 0.5) is 0 Å². The van der Waals surface area contributed by atoms with Crippen LogP contribution in [0, 0.1) is 6.92 Å². The number of hydrogen-bond acceptors (Lipinski definition) is 5. The molecule has 1 aromatic rings. The number of halogens is 1. The normalized spacial score (nSPS) is 10.8. The standard InChI is InChI=1S/C21H35N3O4.HI/c1-5-27-13-14-28-19-15-17(2)10-11-18(19)16-24-21(22-3)23-12-8-6-7-9-20(25)26-4;/h10-11,15H,5-9,12-14,16H2,1-4H3,(H2,22,23,24);1H. The number of hydrogen-bond donors (Lipinski definition) is 2. The molecule has 0 aromatic heterocycles. The second kappa shape index (κ2) is 17.3. The maximum atomic E-state index is 11.1. The molecule has 0 spiro atoms. The maximum Gasteiger partial charge on any atom is 0.305 e. The number of carbonyl (C=O) groups is 1. The van der Waals surface area contributed by atoms with E-state index in [0.717, 1.165) is 48.6 Å². The van der Waals surface area contributed by atoms with Crippen molar-refractivity contribution in [3.63, 3.8) is 0 Å². The number of carbonyl (C=O) groups excluding carboxylic acids is 1. The van der Waals surface area contributed by atoms with Gasteiger partial charge in [-0.15, -0.1) is 24.0 Å². The molecule has 0 aliphatic carbocycles. The fourth-order valence-electron chi connectivity index (χ4n) is 2.58. The highest BCUT2D eigenvalue weighted by molar-refractivity contribution is 14.0. The number of esters is 1. The van der Waals surface area contributed by atoms with E-state index in [1.165, 1.54) is 7.11 Å². The minimum absolute atomic E-state index is 0. The number of nitrogens with one attached hydrogen (secondary N) is 2. The van der Waals surface area contributed by atoms with Crippen LogP contribution in [0.25, 0.3) is 0 Å². The molecule has 29 heavy (non-hydrogen) atoms. The molecule has 2 N–H and O–H groups in total. The van der Waals surface area contributed by atoms with Crippen LogP contribution in [-0.2, 0) is 20.8 Å². The fourth-order valence-corrected chi connectivity index (χ4v) is 2.58. The summed E-state index contributed by atoms with van der Waals surface area (Å²) in [7, 11) is 3.17. The molecular formula is C21H36IN3O4. The lowest BCUT2D eigenvalue weighted by atomic mass is 10.1. The number of aryl methyl sites for hydroxylation is 1. The molecule has 166 valence electrons. The predicted molar refractivity (Wildman–Crippen MR) is 127 cm³/mol. The van der Waals surface area contributed by atoms with Gasteiger partial charge in [0.25, 0.3) is 0 Å². The van der Waals surface area contributed by atoms with Gasteiger partial charge in [0.15, 0.2) is 5.96 Å². The Kier molecular flexibility index (Phi) is 16.4. The summed E-state index contributed by atoms with van der Waals surface area (Å²) in [5, 5.41) is 6.61. The highest BCUT2D eigenvalue weighted by Crippen LogP contribution is 2.20. The molecule has 8 heteroatoms. The Morgan fingerprint density at radius 1 is 1.14 bits per heavy atom. The van der Waals surface area contributed by atoms with Crippen molar-refractivity contribution >= 4 is 35.9 Å². The lowest BCUT2D eigenvalue weighted by Gasteiger charge is -2.15. The van der Waals surface area contributed by atoms with Crippen LogP contribution in [0.3, 0.4) is 0 Å². The van der Waals surface area contributed by atoms with Crippen LogP contribution >= 0.6 is 24.0 Å². The van der Waals surface area contributed by atoms with E-state index < -0.39 is 0 Å². The van der Waals surface area contributed by atoms with E-state index >= 15 is 0 Å². The summed E-state index contributed by atoms with van der Waals surface area (Å²) in [6.45, 7) is 7.24. The van der Waals surface area contributed by atoms with Crippen molar-refractivity contribution in [3.8, 4) is 5.75 Å².